The van der Waals surface area contributed by atoms with E-state index in [9.17, 15) is 4.39 Å². The van der Waals surface area contributed by atoms with Crippen molar-refractivity contribution in [2.24, 2.45) is 7.05 Å². The number of benzene rings is 2. The Kier molecular flexibility index (Phi) is 3.07. The van der Waals surface area contributed by atoms with Crippen molar-refractivity contribution in [3.05, 3.63) is 83.9 Å². The minimum Gasteiger partial charge on any atom is -0.437 e. The Hall–Kier alpha value is -3.53. The standard InChI is InChI=1S/C27H24FN2O/c1-16(2)23-14-13-22-21-12-7-17(3)24(26(21)31-27(22)29-23)25-20(6-5-15-30(25)4)18-8-10-19(28)11-9-18/h5-16H,1-4H3/q+1/i1D3,2D3,16D. The molecule has 154 valence electrons. The summed E-state index contributed by atoms with van der Waals surface area (Å²) in [6.07, 6.45) is 1.89. The van der Waals surface area contributed by atoms with E-state index in [1.54, 1.807) is 18.2 Å². The Labute approximate surface area is 190 Å². The van der Waals surface area contributed by atoms with Gasteiger partial charge in [0.25, 0.3) is 0 Å². The van der Waals surface area contributed by atoms with E-state index < -0.39 is 25.3 Å². The molecule has 2 aromatic carbocycles. The molecule has 31 heavy (non-hydrogen) atoms. The fourth-order valence-electron chi connectivity index (χ4n) is 4.04. The molecule has 0 bridgehead atoms. The third-order valence-electron chi connectivity index (χ3n) is 5.54. The maximum Gasteiger partial charge on any atom is 0.227 e. The summed E-state index contributed by atoms with van der Waals surface area (Å²) in [5, 5.41) is 1.26. The van der Waals surface area contributed by atoms with Crippen molar-refractivity contribution >= 4 is 22.1 Å². The van der Waals surface area contributed by atoms with Crippen LogP contribution >= 0.6 is 0 Å². The average Bonchev–Trinajstić information content (AvgIpc) is 3.20. The van der Waals surface area contributed by atoms with Gasteiger partial charge in [-0.1, -0.05) is 38.0 Å². The number of aromatic nitrogens is 2. The van der Waals surface area contributed by atoms with E-state index in [0.717, 1.165) is 27.9 Å². The first-order valence-electron chi connectivity index (χ1n) is 13.3. The molecule has 5 rings (SSSR count). The Bertz CT molecular complexity index is 1680. The van der Waals surface area contributed by atoms with Gasteiger partial charge in [-0.15, -0.1) is 0 Å². The van der Waals surface area contributed by atoms with Crippen molar-refractivity contribution in [2.75, 3.05) is 0 Å². The second-order valence-electron chi connectivity index (χ2n) is 7.55. The van der Waals surface area contributed by atoms with Crippen LogP contribution in [0.5, 0.6) is 0 Å². The first kappa shape index (κ1) is 13.0. The van der Waals surface area contributed by atoms with Crippen LogP contribution in [-0.2, 0) is 7.05 Å². The number of halogens is 1. The van der Waals surface area contributed by atoms with Crippen LogP contribution in [0.1, 0.15) is 40.5 Å². The zero-order chi connectivity index (χ0) is 27.6. The van der Waals surface area contributed by atoms with Crippen molar-refractivity contribution in [3.63, 3.8) is 0 Å². The highest BCUT2D eigenvalue weighted by atomic mass is 19.1. The van der Waals surface area contributed by atoms with Gasteiger partial charge in [0.05, 0.1) is 11.1 Å². The maximum absolute atomic E-state index is 13.6. The first-order valence-corrected chi connectivity index (χ1v) is 9.82. The lowest BCUT2D eigenvalue weighted by Crippen LogP contribution is -2.31. The molecule has 5 aromatic rings. The van der Waals surface area contributed by atoms with Gasteiger partial charge in [0.2, 0.25) is 11.4 Å². The summed E-state index contributed by atoms with van der Waals surface area (Å²) in [4.78, 5) is 4.27. The number of furan rings is 1. The predicted molar refractivity (Wildman–Crippen MR) is 122 cm³/mol. The SMILES string of the molecule is [2H]C([2H])([2H])C([2H])(c1ccc2c(n1)oc1c(-c3c(-c4ccc(F)cc4)ccc[n+]3C)c(C)ccc12)C([2H])([2H])[2H]. The molecule has 0 spiro atoms. The number of aryl methyl sites for hydroxylation is 2. The van der Waals surface area contributed by atoms with Gasteiger partial charge >= 0.3 is 0 Å². The molecule has 0 N–H and O–H groups in total. The van der Waals surface area contributed by atoms with Crippen LogP contribution in [0.3, 0.4) is 0 Å². The fourth-order valence-corrected chi connectivity index (χ4v) is 4.04. The van der Waals surface area contributed by atoms with Gasteiger partial charge in [-0.2, -0.15) is 0 Å². The van der Waals surface area contributed by atoms with Gasteiger partial charge < -0.3 is 4.42 Å². The number of pyridine rings is 2. The van der Waals surface area contributed by atoms with Crippen molar-refractivity contribution in [1.82, 2.24) is 4.98 Å². The molecule has 0 saturated carbocycles. The number of hydrogen-bond acceptors (Lipinski definition) is 2. The molecule has 0 radical (unpaired) electrons. The van der Waals surface area contributed by atoms with Crippen LogP contribution in [0.15, 0.2) is 71.3 Å². The largest absolute Gasteiger partial charge is 0.437 e. The van der Waals surface area contributed by atoms with Crippen LogP contribution in [0.25, 0.3) is 44.5 Å². The summed E-state index contributed by atoms with van der Waals surface area (Å²) in [5.74, 6) is -3.28. The number of hydrogen-bond donors (Lipinski definition) is 0. The van der Waals surface area contributed by atoms with E-state index in [2.05, 4.69) is 4.98 Å². The van der Waals surface area contributed by atoms with E-state index in [1.165, 1.54) is 18.2 Å². The van der Waals surface area contributed by atoms with E-state index >= 15 is 0 Å². The van der Waals surface area contributed by atoms with Crippen LogP contribution in [0.4, 0.5) is 4.39 Å². The Morgan fingerprint density at radius 2 is 1.81 bits per heavy atom. The fraction of sp³-hybridized carbons (Fsp3) is 0.185. The van der Waals surface area contributed by atoms with Crippen LogP contribution in [0.2, 0.25) is 0 Å². The van der Waals surface area contributed by atoms with Crippen molar-refractivity contribution in [2.45, 2.75) is 26.5 Å². The second kappa shape index (κ2) is 7.31. The Balaban J connectivity index is 1.80. The lowest BCUT2D eigenvalue weighted by atomic mass is 9.94. The van der Waals surface area contributed by atoms with E-state index in [0.29, 0.717) is 16.4 Å². The molecule has 0 unspecified atom stereocenters. The smallest absolute Gasteiger partial charge is 0.227 e. The topological polar surface area (TPSA) is 29.9 Å². The van der Waals surface area contributed by atoms with E-state index in [1.807, 2.05) is 49.0 Å². The number of fused-ring (bicyclic) bond motifs is 3. The average molecular weight is 419 g/mol. The van der Waals surface area contributed by atoms with Gasteiger partial charge in [0.15, 0.2) is 11.8 Å². The molecule has 3 heterocycles. The summed E-state index contributed by atoms with van der Waals surface area (Å²) in [7, 11) is 1.89. The van der Waals surface area contributed by atoms with E-state index in [-0.39, 0.29) is 11.5 Å². The molecule has 0 fully saturated rings. The van der Waals surface area contributed by atoms with Crippen LogP contribution in [0, 0.1) is 12.7 Å². The normalized spacial score (nSPS) is 16.2. The molecule has 0 amide bonds. The highest BCUT2D eigenvalue weighted by Crippen LogP contribution is 2.39. The lowest BCUT2D eigenvalue weighted by molar-refractivity contribution is -0.659. The molecule has 3 aromatic heterocycles. The number of nitrogens with zero attached hydrogens (tertiary/aromatic N) is 2. The monoisotopic (exact) mass is 418 g/mol. The Morgan fingerprint density at radius 1 is 1.03 bits per heavy atom. The van der Waals surface area contributed by atoms with Gasteiger partial charge in [-0.05, 0) is 54.3 Å². The summed E-state index contributed by atoms with van der Waals surface area (Å²) >= 11 is 0. The third-order valence-corrected chi connectivity index (χ3v) is 5.54. The Morgan fingerprint density at radius 3 is 2.58 bits per heavy atom. The van der Waals surface area contributed by atoms with Gasteiger partial charge in [-0.3, -0.25) is 0 Å². The van der Waals surface area contributed by atoms with E-state index in [4.69, 9.17) is 14.0 Å². The van der Waals surface area contributed by atoms with Gasteiger partial charge in [0.1, 0.15) is 12.9 Å². The molecule has 0 aliphatic rings. The highest BCUT2D eigenvalue weighted by molar-refractivity contribution is 6.09. The molecular weight excluding hydrogens is 387 g/mol. The molecule has 0 atom stereocenters. The summed E-state index contributed by atoms with van der Waals surface area (Å²) in [6.45, 7) is -4.39. The molecule has 3 nitrogen and oxygen atoms in total. The highest BCUT2D eigenvalue weighted by Gasteiger charge is 2.25. The third kappa shape index (κ3) is 3.19. The van der Waals surface area contributed by atoms with Crippen LogP contribution in [-0.4, -0.2) is 4.98 Å². The molecule has 0 saturated heterocycles. The van der Waals surface area contributed by atoms with Crippen LogP contribution < -0.4 is 4.57 Å². The minimum absolute atomic E-state index is 0.0383. The minimum atomic E-state index is -3.16. The van der Waals surface area contributed by atoms with Crippen molar-refractivity contribution in [3.8, 4) is 22.4 Å². The quantitative estimate of drug-likeness (QED) is 0.305. The van der Waals surface area contributed by atoms with Gasteiger partial charge in [-0.25, -0.2) is 13.9 Å². The van der Waals surface area contributed by atoms with Crippen molar-refractivity contribution < 1.29 is 23.0 Å². The zero-order valence-electron chi connectivity index (χ0n) is 24.0. The summed E-state index contributed by atoms with van der Waals surface area (Å²) in [5.41, 5.74) is 4.20. The lowest BCUT2D eigenvalue weighted by Gasteiger charge is -2.10. The van der Waals surface area contributed by atoms with Gasteiger partial charge in [0, 0.05) is 32.1 Å². The molecular formula is C27H24FN2O+. The summed E-state index contributed by atoms with van der Waals surface area (Å²) in [6, 6.07) is 16.6. The number of rotatable bonds is 3. The zero-order valence-corrected chi connectivity index (χ0v) is 17.0. The molecule has 4 heteroatoms. The first-order chi connectivity index (χ1) is 17.7. The van der Waals surface area contributed by atoms with Crippen molar-refractivity contribution in [1.29, 1.82) is 0 Å². The summed E-state index contributed by atoms with van der Waals surface area (Å²) < 4.78 is 77.1. The second-order valence-corrected chi connectivity index (χ2v) is 7.55. The predicted octanol–water partition coefficient (Wildman–Crippen LogP) is 6.71. The maximum atomic E-state index is 13.6. The molecule has 0 aliphatic heterocycles. The molecule has 0 aliphatic carbocycles.